The summed E-state index contributed by atoms with van der Waals surface area (Å²) >= 11 is 12.5. The summed E-state index contributed by atoms with van der Waals surface area (Å²) in [5.41, 5.74) is 15.4. The predicted molar refractivity (Wildman–Crippen MR) is 135 cm³/mol. The van der Waals surface area contributed by atoms with Crippen LogP contribution < -0.4 is 21.7 Å². The first-order valence-electron chi connectivity index (χ1n) is 11.6. The zero-order chi connectivity index (χ0) is 24.0. The first kappa shape index (κ1) is 23.4. The van der Waals surface area contributed by atoms with E-state index in [0.717, 1.165) is 42.4 Å². The summed E-state index contributed by atoms with van der Waals surface area (Å²) in [6.45, 7) is 3.06. The van der Waals surface area contributed by atoms with Gasteiger partial charge in [-0.05, 0) is 67.2 Å². The van der Waals surface area contributed by atoms with Gasteiger partial charge in [-0.1, -0.05) is 48.2 Å². The van der Waals surface area contributed by atoms with Gasteiger partial charge in [0.1, 0.15) is 11.5 Å². The zero-order valence-corrected chi connectivity index (χ0v) is 20.5. The molecule has 6 nitrogen and oxygen atoms in total. The molecule has 5 rings (SSSR count). The van der Waals surface area contributed by atoms with Crippen LogP contribution in [0.25, 0.3) is 5.57 Å². The Kier molecular flexibility index (Phi) is 6.23. The van der Waals surface area contributed by atoms with Crippen molar-refractivity contribution >= 4 is 46.1 Å². The van der Waals surface area contributed by atoms with Crippen LogP contribution in [0.15, 0.2) is 36.4 Å². The molecule has 1 fully saturated rings. The van der Waals surface area contributed by atoms with Gasteiger partial charge in [0.2, 0.25) is 5.91 Å². The summed E-state index contributed by atoms with van der Waals surface area (Å²) in [4.78, 5) is 14.8. The summed E-state index contributed by atoms with van der Waals surface area (Å²) < 4.78 is 15.1. The quantitative estimate of drug-likeness (QED) is 0.518. The van der Waals surface area contributed by atoms with Gasteiger partial charge in [0, 0.05) is 23.1 Å². The molecule has 2 aromatic rings. The van der Waals surface area contributed by atoms with Gasteiger partial charge in [-0.2, -0.15) is 0 Å². The molecule has 0 aromatic heterocycles. The maximum atomic E-state index is 15.1. The predicted octanol–water partition coefficient (Wildman–Crippen LogP) is 5.43. The number of hydrogen-bond donors (Lipinski definition) is 3. The van der Waals surface area contributed by atoms with E-state index in [0.29, 0.717) is 40.9 Å². The average Bonchev–Trinajstić information content (AvgIpc) is 3.46. The summed E-state index contributed by atoms with van der Waals surface area (Å²) in [6.07, 6.45) is 6.18. The molecule has 0 unspecified atom stereocenters. The SMILES string of the molecule is C[C@H](c1ccc(Cl)cc1Cl)N1NNc2c(F)cc(C3=CCN(C(=O)C4(N)CCCC4)CC3)cc21. The Morgan fingerprint density at radius 1 is 1.21 bits per heavy atom. The Morgan fingerprint density at radius 2 is 1.97 bits per heavy atom. The van der Waals surface area contributed by atoms with Crippen molar-refractivity contribution in [3.05, 3.63) is 63.4 Å². The van der Waals surface area contributed by atoms with E-state index in [-0.39, 0.29) is 17.8 Å². The van der Waals surface area contributed by atoms with Crippen LogP contribution >= 0.6 is 23.2 Å². The molecule has 1 saturated carbocycles. The number of carbonyl (C=O) groups excluding carboxylic acids is 1. The number of anilines is 2. The molecule has 9 heteroatoms. The lowest BCUT2D eigenvalue weighted by Gasteiger charge is -2.33. The van der Waals surface area contributed by atoms with E-state index in [1.807, 2.05) is 35.0 Å². The highest BCUT2D eigenvalue weighted by molar-refractivity contribution is 6.35. The van der Waals surface area contributed by atoms with Gasteiger partial charge in [-0.15, -0.1) is 5.53 Å². The maximum absolute atomic E-state index is 15.1. The van der Waals surface area contributed by atoms with Gasteiger partial charge < -0.3 is 10.6 Å². The number of amides is 1. The smallest absolute Gasteiger partial charge is 0.242 e. The molecule has 180 valence electrons. The number of nitrogens with one attached hydrogen (secondary N) is 2. The number of benzene rings is 2. The number of rotatable bonds is 4. The maximum Gasteiger partial charge on any atom is 0.242 e. The van der Waals surface area contributed by atoms with E-state index in [9.17, 15) is 4.79 Å². The van der Waals surface area contributed by atoms with Crippen molar-refractivity contribution in [1.29, 1.82) is 0 Å². The van der Waals surface area contributed by atoms with Crippen molar-refractivity contribution < 1.29 is 9.18 Å². The average molecular weight is 504 g/mol. The van der Waals surface area contributed by atoms with Gasteiger partial charge in [-0.3, -0.25) is 15.2 Å². The van der Waals surface area contributed by atoms with Crippen molar-refractivity contribution in [2.24, 2.45) is 5.73 Å². The summed E-state index contributed by atoms with van der Waals surface area (Å²) in [7, 11) is 0. The van der Waals surface area contributed by atoms with E-state index in [1.165, 1.54) is 0 Å². The first-order chi connectivity index (χ1) is 16.3. The van der Waals surface area contributed by atoms with E-state index in [1.54, 1.807) is 18.2 Å². The Bertz CT molecular complexity index is 1160. The van der Waals surface area contributed by atoms with Gasteiger partial charge in [0.25, 0.3) is 0 Å². The minimum Gasteiger partial charge on any atom is -0.337 e. The van der Waals surface area contributed by atoms with Gasteiger partial charge in [-0.25, -0.2) is 4.39 Å². The molecule has 34 heavy (non-hydrogen) atoms. The van der Waals surface area contributed by atoms with Crippen molar-refractivity contribution in [2.75, 3.05) is 23.5 Å². The molecule has 0 saturated heterocycles. The standard InChI is InChI=1S/C25H28Cl2FN5O/c1-15(19-5-4-18(26)14-20(19)27)33-22-13-17(12-21(28)23(22)30-31-33)16-6-10-32(11-7-16)24(34)25(29)8-2-3-9-25/h4-6,12-15,30-31H,2-3,7-11,29H2,1H3/t15-/m1/s1. The van der Waals surface area contributed by atoms with Crippen LogP contribution in [-0.4, -0.2) is 29.4 Å². The highest BCUT2D eigenvalue weighted by Gasteiger charge is 2.40. The number of nitrogens with two attached hydrogens (primary N) is 1. The van der Waals surface area contributed by atoms with Crippen LogP contribution in [0.3, 0.4) is 0 Å². The normalized spacial score (nSPS) is 20.1. The molecular weight excluding hydrogens is 476 g/mol. The molecule has 2 aromatic carbocycles. The van der Waals surface area contributed by atoms with Crippen LogP contribution in [0.4, 0.5) is 15.8 Å². The summed E-state index contributed by atoms with van der Waals surface area (Å²) in [5.74, 6) is -0.308. The monoisotopic (exact) mass is 503 g/mol. The second-order valence-corrected chi connectivity index (χ2v) is 10.2. The molecule has 2 heterocycles. The number of halogens is 3. The molecular formula is C25H28Cl2FN5O. The number of hydrogen-bond acceptors (Lipinski definition) is 5. The first-order valence-corrected chi connectivity index (χ1v) is 12.4. The Labute approximate surface area is 208 Å². The number of hydrazine groups is 2. The molecule has 0 bridgehead atoms. The fourth-order valence-corrected chi connectivity index (χ4v) is 5.77. The summed E-state index contributed by atoms with van der Waals surface area (Å²) in [5, 5.41) is 2.97. The van der Waals surface area contributed by atoms with Crippen molar-refractivity contribution in [3.63, 3.8) is 0 Å². The third-order valence-electron chi connectivity index (χ3n) is 7.22. The number of nitrogens with zero attached hydrogens (tertiary/aromatic N) is 2. The summed E-state index contributed by atoms with van der Waals surface area (Å²) in [6, 6.07) is 8.69. The number of fused-ring (bicyclic) bond motifs is 1. The van der Waals surface area contributed by atoms with Gasteiger partial charge >= 0.3 is 0 Å². The third kappa shape index (κ3) is 4.15. The molecule has 0 radical (unpaired) electrons. The topological polar surface area (TPSA) is 73.6 Å². The third-order valence-corrected chi connectivity index (χ3v) is 7.78. The second kappa shape index (κ2) is 9.04. The fourth-order valence-electron chi connectivity index (χ4n) is 5.20. The van der Waals surface area contributed by atoms with E-state index in [2.05, 4.69) is 11.0 Å². The lowest BCUT2D eigenvalue weighted by molar-refractivity contribution is -0.136. The van der Waals surface area contributed by atoms with Crippen LogP contribution in [0.2, 0.25) is 10.0 Å². The molecule has 2 aliphatic heterocycles. The van der Waals surface area contributed by atoms with E-state index < -0.39 is 5.54 Å². The van der Waals surface area contributed by atoms with Crippen LogP contribution in [-0.2, 0) is 4.79 Å². The van der Waals surface area contributed by atoms with Crippen LogP contribution in [0, 0.1) is 5.82 Å². The van der Waals surface area contributed by atoms with Gasteiger partial charge in [0.15, 0.2) is 0 Å². The highest BCUT2D eigenvalue weighted by Crippen LogP contribution is 2.41. The molecule has 1 aliphatic carbocycles. The van der Waals surface area contributed by atoms with Crippen molar-refractivity contribution in [1.82, 2.24) is 10.4 Å². The minimum atomic E-state index is -0.720. The van der Waals surface area contributed by atoms with Gasteiger partial charge in [0.05, 0.1) is 17.3 Å². The van der Waals surface area contributed by atoms with E-state index in [4.69, 9.17) is 28.9 Å². The molecule has 0 spiro atoms. The lowest BCUT2D eigenvalue weighted by atomic mass is 9.94. The largest absolute Gasteiger partial charge is 0.337 e. The van der Waals surface area contributed by atoms with Crippen molar-refractivity contribution in [3.8, 4) is 0 Å². The van der Waals surface area contributed by atoms with Crippen LogP contribution in [0.5, 0.6) is 0 Å². The van der Waals surface area contributed by atoms with Crippen LogP contribution in [0.1, 0.15) is 56.2 Å². The Balaban J connectivity index is 1.38. The molecule has 3 aliphatic rings. The van der Waals surface area contributed by atoms with Crippen molar-refractivity contribution in [2.45, 2.75) is 50.6 Å². The Hall–Kier alpha value is -2.32. The minimum absolute atomic E-state index is 0.0358. The Morgan fingerprint density at radius 3 is 2.65 bits per heavy atom. The highest BCUT2D eigenvalue weighted by atomic mass is 35.5. The number of carbonyl (C=O) groups is 1. The molecule has 1 atom stereocenters. The molecule has 4 N–H and O–H groups in total. The van der Waals surface area contributed by atoms with E-state index >= 15 is 4.39 Å². The second-order valence-electron chi connectivity index (χ2n) is 9.39. The zero-order valence-electron chi connectivity index (χ0n) is 19.0. The molecule has 1 amide bonds. The fraction of sp³-hybridized carbons (Fsp3) is 0.400. The lowest BCUT2D eigenvalue weighted by Crippen LogP contribution is -2.54.